The second-order valence-corrected chi connectivity index (χ2v) is 10.5. The fraction of sp³-hybridized carbons (Fsp3) is 0.625. The largest absolute Gasteiger partial charge is 0.243 e. The Morgan fingerprint density at radius 3 is 2.26 bits per heavy atom. The summed E-state index contributed by atoms with van der Waals surface area (Å²) >= 11 is 0. The summed E-state index contributed by atoms with van der Waals surface area (Å²) in [5.41, 5.74) is 1.08. The molecule has 23 heavy (non-hydrogen) atoms. The molecule has 130 valence electrons. The van der Waals surface area contributed by atoms with Gasteiger partial charge in [0.05, 0.1) is 16.4 Å². The van der Waals surface area contributed by atoms with Gasteiger partial charge in [-0.1, -0.05) is 32.9 Å². The number of sulfone groups is 1. The van der Waals surface area contributed by atoms with Gasteiger partial charge in [0.15, 0.2) is 9.84 Å². The van der Waals surface area contributed by atoms with Crippen LogP contribution >= 0.6 is 0 Å². The van der Waals surface area contributed by atoms with E-state index in [1.165, 1.54) is 4.31 Å². The third kappa shape index (κ3) is 4.14. The van der Waals surface area contributed by atoms with E-state index in [-0.39, 0.29) is 16.4 Å². The Balaban J connectivity index is 2.33. The highest BCUT2D eigenvalue weighted by molar-refractivity contribution is 7.92. The van der Waals surface area contributed by atoms with Gasteiger partial charge >= 0.3 is 0 Å². The van der Waals surface area contributed by atoms with Gasteiger partial charge < -0.3 is 0 Å². The zero-order chi connectivity index (χ0) is 17.3. The van der Waals surface area contributed by atoms with Crippen molar-refractivity contribution in [2.45, 2.75) is 50.5 Å². The first-order valence-electron chi connectivity index (χ1n) is 7.99. The highest BCUT2D eigenvalue weighted by Gasteiger charge is 2.38. The van der Waals surface area contributed by atoms with Crippen molar-refractivity contribution in [3.05, 3.63) is 29.8 Å². The number of benzene rings is 1. The van der Waals surface area contributed by atoms with Gasteiger partial charge in [0.25, 0.3) is 0 Å². The molecule has 1 aromatic rings. The van der Waals surface area contributed by atoms with Crippen molar-refractivity contribution in [2.75, 3.05) is 18.1 Å². The van der Waals surface area contributed by atoms with Crippen LogP contribution in [0.5, 0.6) is 0 Å². The summed E-state index contributed by atoms with van der Waals surface area (Å²) in [6, 6.07) is 6.45. The summed E-state index contributed by atoms with van der Waals surface area (Å²) in [4.78, 5) is 0.236. The molecule has 1 heterocycles. The van der Waals surface area contributed by atoms with E-state index in [9.17, 15) is 16.8 Å². The van der Waals surface area contributed by atoms with E-state index < -0.39 is 25.9 Å². The lowest BCUT2D eigenvalue weighted by atomic mass is 10.0. The van der Waals surface area contributed by atoms with E-state index >= 15 is 0 Å². The number of nitrogens with zero attached hydrogens (tertiary/aromatic N) is 1. The number of sulfonamides is 1. The normalized spacial score (nSPS) is 21.2. The maximum Gasteiger partial charge on any atom is 0.243 e. The molecule has 0 N–H and O–H groups in total. The van der Waals surface area contributed by atoms with E-state index in [2.05, 4.69) is 13.8 Å². The molecule has 0 bridgehead atoms. The first-order valence-corrected chi connectivity index (χ1v) is 11.3. The first-order chi connectivity index (χ1) is 10.7. The number of rotatable bonds is 6. The lowest BCUT2D eigenvalue weighted by Crippen LogP contribution is -2.41. The van der Waals surface area contributed by atoms with Gasteiger partial charge in [0, 0.05) is 12.6 Å². The maximum absolute atomic E-state index is 12.9. The van der Waals surface area contributed by atoms with Crippen molar-refractivity contribution in [3.8, 4) is 0 Å². The Morgan fingerprint density at radius 1 is 1.22 bits per heavy atom. The average Bonchev–Trinajstić information content (AvgIpc) is 2.84. The quantitative estimate of drug-likeness (QED) is 0.782. The molecule has 0 aliphatic carbocycles. The molecule has 0 saturated carbocycles. The third-order valence-electron chi connectivity index (χ3n) is 4.21. The van der Waals surface area contributed by atoms with Crippen molar-refractivity contribution in [3.63, 3.8) is 0 Å². The fourth-order valence-corrected chi connectivity index (χ4v) is 6.45. The van der Waals surface area contributed by atoms with Crippen LogP contribution in [0.2, 0.25) is 0 Å². The third-order valence-corrected chi connectivity index (χ3v) is 7.93. The van der Waals surface area contributed by atoms with Crippen molar-refractivity contribution >= 4 is 19.9 Å². The standard InChI is InChI=1S/C16H25NO4S2/c1-4-10-17(15-9-11-22(18,19)12-15)23(20,21)16-7-5-14(6-8-16)13(2)3/h5-8,13,15H,4,9-12H2,1-3H3. The molecule has 0 amide bonds. The minimum Gasteiger partial charge on any atom is -0.229 e. The second-order valence-electron chi connectivity index (χ2n) is 6.40. The van der Waals surface area contributed by atoms with Crippen LogP contribution in [0.3, 0.4) is 0 Å². The van der Waals surface area contributed by atoms with Crippen LogP contribution in [0.1, 0.15) is 45.1 Å². The molecule has 1 fully saturated rings. The molecule has 2 rings (SSSR count). The van der Waals surface area contributed by atoms with Crippen LogP contribution in [-0.2, 0) is 19.9 Å². The van der Waals surface area contributed by atoms with Gasteiger partial charge in [-0.2, -0.15) is 4.31 Å². The van der Waals surface area contributed by atoms with Crippen molar-refractivity contribution in [2.24, 2.45) is 0 Å². The Labute approximate surface area is 139 Å². The van der Waals surface area contributed by atoms with Crippen LogP contribution in [0, 0.1) is 0 Å². The monoisotopic (exact) mass is 359 g/mol. The van der Waals surface area contributed by atoms with Crippen molar-refractivity contribution in [1.29, 1.82) is 0 Å². The van der Waals surface area contributed by atoms with Crippen molar-refractivity contribution in [1.82, 2.24) is 4.31 Å². The molecule has 1 aliphatic heterocycles. The smallest absolute Gasteiger partial charge is 0.229 e. The molecule has 1 aromatic carbocycles. The Kier molecular flexibility index (Phi) is 5.53. The van der Waals surface area contributed by atoms with Gasteiger partial charge in [-0.15, -0.1) is 0 Å². The van der Waals surface area contributed by atoms with E-state index in [1.807, 2.05) is 19.1 Å². The van der Waals surface area contributed by atoms with Crippen LogP contribution in [-0.4, -0.2) is 45.2 Å². The maximum atomic E-state index is 12.9. The molecule has 7 heteroatoms. The molecule has 1 saturated heterocycles. The Hall–Kier alpha value is -0.920. The average molecular weight is 360 g/mol. The Morgan fingerprint density at radius 2 is 1.83 bits per heavy atom. The lowest BCUT2D eigenvalue weighted by Gasteiger charge is -2.27. The summed E-state index contributed by atoms with van der Waals surface area (Å²) in [6.07, 6.45) is 1.03. The molecular weight excluding hydrogens is 334 g/mol. The zero-order valence-corrected chi connectivity index (χ0v) is 15.5. The molecule has 0 aromatic heterocycles. The summed E-state index contributed by atoms with van der Waals surface area (Å²) in [5, 5.41) is 0. The van der Waals surface area contributed by atoms with Crippen LogP contribution in [0.25, 0.3) is 0 Å². The minimum atomic E-state index is -3.67. The lowest BCUT2D eigenvalue weighted by molar-refractivity contribution is 0.340. The first kappa shape index (κ1) is 18.4. The van der Waals surface area contributed by atoms with Gasteiger partial charge in [0.1, 0.15) is 0 Å². The summed E-state index contributed by atoms with van der Waals surface area (Å²) < 4.78 is 50.7. The van der Waals surface area contributed by atoms with Crippen LogP contribution in [0.15, 0.2) is 29.2 Å². The topological polar surface area (TPSA) is 71.5 Å². The molecule has 1 unspecified atom stereocenters. The summed E-state index contributed by atoms with van der Waals surface area (Å²) in [6.45, 7) is 6.34. The van der Waals surface area contributed by atoms with E-state index in [1.54, 1.807) is 12.1 Å². The van der Waals surface area contributed by atoms with Crippen molar-refractivity contribution < 1.29 is 16.8 Å². The summed E-state index contributed by atoms with van der Waals surface area (Å²) in [7, 11) is -6.80. The zero-order valence-electron chi connectivity index (χ0n) is 13.9. The molecule has 1 atom stereocenters. The number of hydrogen-bond acceptors (Lipinski definition) is 4. The van der Waals surface area contributed by atoms with Gasteiger partial charge in [-0.25, -0.2) is 16.8 Å². The van der Waals surface area contributed by atoms with E-state index in [4.69, 9.17) is 0 Å². The predicted octanol–water partition coefficient (Wildman–Crippen LogP) is 2.40. The number of hydrogen-bond donors (Lipinski definition) is 0. The summed E-state index contributed by atoms with van der Waals surface area (Å²) in [5.74, 6) is 0.328. The predicted molar refractivity (Wildman–Crippen MR) is 91.8 cm³/mol. The molecule has 5 nitrogen and oxygen atoms in total. The van der Waals surface area contributed by atoms with Gasteiger partial charge in [-0.3, -0.25) is 0 Å². The molecular formula is C16H25NO4S2. The Bertz CT molecular complexity index is 737. The van der Waals surface area contributed by atoms with Gasteiger partial charge in [0.2, 0.25) is 10.0 Å². The van der Waals surface area contributed by atoms with E-state index in [0.29, 0.717) is 25.3 Å². The molecule has 0 spiro atoms. The fourth-order valence-electron chi connectivity index (χ4n) is 2.88. The van der Waals surface area contributed by atoms with Crippen LogP contribution < -0.4 is 0 Å². The highest BCUT2D eigenvalue weighted by atomic mass is 32.2. The SMILES string of the molecule is CCCN(C1CCS(=O)(=O)C1)S(=O)(=O)c1ccc(C(C)C)cc1. The minimum absolute atomic E-state index is 0.0691. The van der Waals surface area contributed by atoms with E-state index in [0.717, 1.165) is 5.56 Å². The molecule has 1 aliphatic rings. The highest BCUT2D eigenvalue weighted by Crippen LogP contribution is 2.26. The second kappa shape index (κ2) is 6.91. The molecule has 0 radical (unpaired) electrons. The van der Waals surface area contributed by atoms with Crippen LogP contribution in [0.4, 0.5) is 0 Å². The van der Waals surface area contributed by atoms with Gasteiger partial charge in [-0.05, 0) is 36.5 Å².